The van der Waals surface area contributed by atoms with Crippen molar-refractivity contribution in [3.8, 4) is 0 Å². The second kappa shape index (κ2) is 5.55. The van der Waals surface area contributed by atoms with Crippen molar-refractivity contribution in [3.05, 3.63) is 59.6 Å². The summed E-state index contributed by atoms with van der Waals surface area (Å²) in [5.74, 6) is -0.494. The van der Waals surface area contributed by atoms with Crippen LogP contribution in [0.25, 0.3) is 0 Å². The first kappa shape index (κ1) is 13.6. The Morgan fingerprint density at radius 2 is 2.10 bits per heavy atom. The molecule has 1 N–H and O–H groups in total. The van der Waals surface area contributed by atoms with Crippen LogP contribution in [0, 0.1) is 11.6 Å². The summed E-state index contributed by atoms with van der Waals surface area (Å²) >= 11 is 0. The number of nitrogens with zero attached hydrogens (tertiary/aromatic N) is 2. The summed E-state index contributed by atoms with van der Waals surface area (Å²) in [5, 5.41) is 3.07. The summed E-state index contributed by atoms with van der Waals surface area (Å²) in [5.41, 5.74) is 1.04. The van der Waals surface area contributed by atoms with Crippen molar-refractivity contribution in [1.29, 1.82) is 0 Å². The van der Waals surface area contributed by atoms with Crippen molar-refractivity contribution in [3.63, 3.8) is 0 Å². The monoisotopic (exact) mass is 291 g/mol. The standard InChI is InChI=1S/C15H15F2N3O/c1-20(8-10-5-6-21-9-10)15-18-7-13(19-15)14-11(16)3-2-4-12(14)17/h2-6,9,13H,7-8H2,1H3,(H,18,19). The molecule has 0 radical (unpaired) electrons. The number of hydrogen-bond donors (Lipinski definition) is 1. The van der Waals surface area contributed by atoms with E-state index in [1.807, 2.05) is 18.0 Å². The number of hydrogen-bond acceptors (Lipinski definition) is 4. The number of nitrogens with one attached hydrogen (secondary N) is 1. The fraction of sp³-hybridized carbons (Fsp3) is 0.267. The van der Waals surface area contributed by atoms with Gasteiger partial charge in [0, 0.05) is 24.7 Å². The van der Waals surface area contributed by atoms with E-state index >= 15 is 0 Å². The molecule has 0 saturated carbocycles. The Labute approximate surface area is 121 Å². The Kier molecular flexibility index (Phi) is 3.60. The van der Waals surface area contributed by atoms with Crippen LogP contribution in [0.2, 0.25) is 0 Å². The third kappa shape index (κ3) is 2.74. The second-order valence-electron chi connectivity index (χ2n) is 4.98. The molecule has 3 rings (SSSR count). The molecule has 0 saturated heterocycles. The molecule has 2 heterocycles. The first-order chi connectivity index (χ1) is 10.1. The van der Waals surface area contributed by atoms with E-state index in [2.05, 4.69) is 10.3 Å². The highest BCUT2D eigenvalue weighted by Crippen LogP contribution is 2.24. The predicted molar refractivity (Wildman–Crippen MR) is 74.7 cm³/mol. The number of furan rings is 1. The lowest BCUT2D eigenvalue weighted by Gasteiger charge is -2.20. The van der Waals surface area contributed by atoms with E-state index in [-0.39, 0.29) is 5.56 Å². The number of aliphatic imine (C=N–C) groups is 1. The van der Waals surface area contributed by atoms with Gasteiger partial charge in [-0.3, -0.25) is 4.99 Å². The van der Waals surface area contributed by atoms with E-state index in [0.29, 0.717) is 19.0 Å². The smallest absolute Gasteiger partial charge is 0.194 e. The van der Waals surface area contributed by atoms with Crippen LogP contribution in [0.15, 0.2) is 46.2 Å². The minimum absolute atomic E-state index is 0.0351. The molecule has 6 heteroatoms. The number of halogens is 2. The van der Waals surface area contributed by atoms with E-state index in [0.717, 1.165) is 5.56 Å². The fourth-order valence-electron chi connectivity index (χ4n) is 2.39. The van der Waals surface area contributed by atoms with Gasteiger partial charge in [0.05, 0.1) is 25.1 Å². The maximum absolute atomic E-state index is 13.8. The largest absolute Gasteiger partial charge is 0.472 e. The minimum atomic E-state index is -0.554. The Morgan fingerprint density at radius 1 is 1.33 bits per heavy atom. The third-order valence-electron chi connectivity index (χ3n) is 3.44. The van der Waals surface area contributed by atoms with Crippen LogP contribution in [-0.2, 0) is 6.54 Å². The maximum Gasteiger partial charge on any atom is 0.194 e. The van der Waals surface area contributed by atoms with Crippen molar-refractivity contribution in [2.75, 3.05) is 13.6 Å². The average molecular weight is 291 g/mol. The van der Waals surface area contributed by atoms with E-state index in [1.54, 1.807) is 12.5 Å². The molecule has 0 amide bonds. The Balaban J connectivity index is 1.70. The van der Waals surface area contributed by atoms with E-state index in [9.17, 15) is 8.78 Å². The van der Waals surface area contributed by atoms with Crippen LogP contribution in [0.5, 0.6) is 0 Å². The number of rotatable bonds is 3. The van der Waals surface area contributed by atoms with Gasteiger partial charge in [0.1, 0.15) is 11.6 Å². The average Bonchev–Trinajstić information content (AvgIpc) is 3.10. The lowest BCUT2D eigenvalue weighted by atomic mass is 10.1. The van der Waals surface area contributed by atoms with Crippen LogP contribution < -0.4 is 5.32 Å². The predicted octanol–water partition coefficient (Wildman–Crippen LogP) is 2.69. The first-order valence-electron chi connectivity index (χ1n) is 6.62. The highest BCUT2D eigenvalue weighted by Gasteiger charge is 2.26. The van der Waals surface area contributed by atoms with Gasteiger partial charge in [0.25, 0.3) is 0 Å². The van der Waals surface area contributed by atoms with Crippen molar-refractivity contribution < 1.29 is 13.2 Å². The zero-order valence-corrected chi connectivity index (χ0v) is 11.5. The first-order valence-corrected chi connectivity index (χ1v) is 6.62. The normalized spacial score (nSPS) is 17.5. The second-order valence-corrected chi connectivity index (χ2v) is 4.98. The van der Waals surface area contributed by atoms with Gasteiger partial charge >= 0.3 is 0 Å². The Bertz CT molecular complexity index is 635. The Morgan fingerprint density at radius 3 is 2.76 bits per heavy atom. The van der Waals surface area contributed by atoms with E-state index < -0.39 is 17.7 Å². The fourth-order valence-corrected chi connectivity index (χ4v) is 2.39. The van der Waals surface area contributed by atoms with Gasteiger partial charge < -0.3 is 14.6 Å². The summed E-state index contributed by atoms with van der Waals surface area (Å²) in [4.78, 5) is 6.20. The summed E-state index contributed by atoms with van der Waals surface area (Å²) < 4.78 is 32.6. The zero-order chi connectivity index (χ0) is 14.8. The minimum Gasteiger partial charge on any atom is -0.472 e. The van der Waals surface area contributed by atoms with Gasteiger partial charge in [0.2, 0.25) is 0 Å². The molecule has 1 aromatic heterocycles. The third-order valence-corrected chi connectivity index (χ3v) is 3.44. The van der Waals surface area contributed by atoms with Crippen molar-refractivity contribution in [1.82, 2.24) is 10.2 Å². The molecular weight excluding hydrogens is 276 g/mol. The van der Waals surface area contributed by atoms with Gasteiger partial charge in [-0.15, -0.1) is 0 Å². The molecular formula is C15H15F2N3O. The summed E-state index contributed by atoms with van der Waals surface area (Å²) in [6, 6.07) is 5.25. The molecule has 1 atom stereocenters. The zero-order valence-electron chi connectivity index (χ0n) is 11.5. The van der Waals surface area contributed by atoms with E-state index in [4.69, 9.17) is 4.42 Å². The van der Waals surface area contributed by atoms with Crippen LogP contribution in [-0.4, -0.2) is 24.5 Å². The van der Waals surface area contributed by atoms with E-state index in [1.165, 1.54) is 18.2 Å². The van der Waals surface area contributed by atoms with Gasteiger partial charge in [-0.25, -0.2) is 8.78 Å². The molecule has 1 aliphatic heterocycles. The van der Waals surface area contributed by atoms with Gasteiger partial charge in [-0.05, 0) is 18.2 Å². The highest BCUT2D eigenvalue weighted by atomic mass is 19.1. The molecule has 0 fully saturated rings. The van der Waals surface area contributed by atoms with Crippen molar-refractivity contribution in [2.24, 2.45) is 4.99 Å². The van der Waals surface area contributed by atoms with Crippen molar-refractivity contribution in [2.45, 2.75) is 12.6 Å². The highest BCUT2D eigenvalue weighted by molar-refractivity contribution is 5.82. The topological polar surface area (TPSA) is 40.8 Å². The molecule has 4 nitrogen and oxygen atoms in total. The van der Waals surface area contributed by atoms with Crippen LogP contribution in [0.1, 0.15) is 17.2 Å². The molecule has 2 aromatic rings. The van der Waals surface area contributed by atoms with Crippen LogP contribution >= 0.6 is 0 Å². The molecule has 1 aromatic carbocycles. The summed E-state index contributed by atoms with van der Waals surface area (Å²) in [6.45, 7) is 0.914. The molecule has 0 aliphatic carbocycles. The quantitative estimate of drug-likeness (QED) is 0.945. The number of guanidine groups is 1. The lowest BCUT2D eigenvalue weighted by Crippen LogP contribution is -2.37. The Hall–Kier alpha value is -2.37. The molecule has 110 valence electrons. The van der Waals surface area contributed by atoms with Gasteiger partial charge in [-0.1, -0.05) is 6.07 Å². The molecule has 1 unspecified atom stereocenters. The SMILES string of the molecule is CN(Cc1ccoc1)C1=NCC(c2c(F)cccc2F)N1. The lowest BCUT2D eigenvalue weighted by molar-refractivity contribution is 0.467. The molecule has 1 aliphatic rings. The van der Waals surface area contributed by atoms with Crippen molar-refractivity contribution >= 4 is 5.96 Å². The van der Waals surface area contributed by atoms with Gasteiger partial charge in [-0.2, -0.15) is 0 Å². The molecule has 0 spiro atoms. The van der Waals surface area contributed by atoms with Gasteiger partial charge in [0.15, 0.2) is 5.96 Å². The molecule has 21 heavy (non-hydrogen) atoms. The molecule has 0 bridgehead atoms. The number of benzene rings is 1. The summed E-state index contributed by atoms with van der Waals surface area (Å²) in [6.07, 6.45) is 3.25. The van der Waals surface area contributed by atoms with Crippen LogP contribution in [0.3, 0.4) is 0 Å². The summed E-state index contributed by atoms with van der Waals surface area (Å²) in [7, 11) is 1.86. The van der Waals surface area contributed by atoms with Crippen LogP contribution in [0.4, 0.5) is 8.78 Å². The maximum atomic E-state index is 13.8.